The molecule has 0 saturated carbocycles. The first kappa shape index (κ1) is 19.7. The summed E-state index contributed by atoms with van der Waals surface area (Å²) in [6.07, 6.45) is 2.55. The van der Waals surface area contributed by atoms with E-state index in [0.717, 1.165) is 31.5 Å². The summed E-state index contributed by atoms with van der Waals surface area (Å²) in [6, 6.07) is 12.0. The molecule has 0 bridgehead atoms. The quantitative estimate of drug-likeness (QED) is 0.768. The maximum atomic E-state index is 14.5. The first-order valence-corrected chi connectivity index (χ1v) is 10.1. The summed E-state index contributed by atoms with van der Waals surface area (Å²) in [7, 11) is 0. The van der Waals surface area contributed by atoms with Crippen LogP contribution in [0.15, 0.2) is 53.6 Å². The van der Waals surface area contributed by atoms with Gasteiger partial charge in [0.1, 0.15) is 11.6 Å². The van der Waals surface area contributed by atoms with Crippen LogP contribution in [-0.4, -0.2) is 41.2 Å². The Balaban J connectivity index is 1.59. The lowest BCUT2D eigenvalue weighted by Crippen LogP contribution is -2.41. The normalized spacial score (nSPS) is 20.7. The van der Waals surface area contributed by atoms with Gasteiger partial charge in [0.05, 0.1) is 18.3 Å². The molecule has 0 aromatic heterocycles. The Morgan fingerprint density at radius 2 is 1.76 bits per heavy atom. The van der Waals surface area contributed by atoms with Crippen molar-refractivity contribution in [1.29, 1.82) is 0 Å². The Kier molecular flexibility index (Phi) is 5.72. The zero-order valence-corrected chi connectivity index (χ0v) is 16.5. The Morgan fingerprint density at radius 1 is 1.07 bits per heavy atom. The topological polar surface area (TPSA) is 35.9 Å². The molecule has 0 unspecified atom stereocenters. The maximum absolute atomic E-state index is 14.5. The highest BCUT2D eigenvalue weighted by Gasteiger charge is 2.35. The molecule has 0 radical (unpaired) electrons. The third-order valence-corrected chi connectivity index (χ3v) is 5.84. The van der Waals surface area contributed by atoms with Gasteiger partial charge in [-0.1, -0.05) is 37.3 Å². The summed E-state index contributed by atoms with van der Waals surface area (Å²) in [4.78, 5) is 15.3. The molecule has 1 amide bonds. The van der Waals surface area contributed by atoms with Crippen molar-refractivity contribution in [3.05, 3.63) is 71.3 Å². The summed E-state index contributed by atoms with van der Waals surface area (Å²) in [6.45, 7) is 4.28. The fourth-order valence-electron chi connectivity index (χ4n) is 4.03. The van der Waals surface area contributed by atoms with Crippen molar-refractivity contribution in [2.24, 2.45) is 11.0 Å². The van der Waals surface area contributed by atoms with E-state index in [-0.39, 0.29) is 24.1 Å². The summed E-state index contributed by atoms with van der Waals surface area (Å²) in [5, 5.41) is 5.98. The minimum atomic E-state index is -0.493. The Morgan fingerprint density at radius 3 is 2.45 bits per heavy atom. The van der Waals surface area contributed by atoms with Gasteiger partial charge in [-0.2, -0.15) is 5.10 Å². The number of hydrazone groups is 1. The van der Waals surface area contributed by atoms with Crippen LogP contribution in [0.4, 0.5) is 8.78 Å². The van der Waals surface area contributed by atoms with E-state index >= 15 is 0 Å². The number of halogens is 2. The molecule has 1 atom stereocenters. The number of carbonyl (C=O) groups excluding carboxylic acids is 1. The Hall–Kier alpha value is -2.60. The summed E-state index contributed by atoms with van der Waals surface area (Å²) in [5.41, 5.74) is 1.86. The van der Waals surface area contributed by atoms with Gasteiger partial charge in [-0.25, -0.2) is 13.8 Å². The van der Waals surface area contributed by atoms with Crippen LogP contribution >= 0.6 is 0 Å². The highest BCUT2D eigenvalue weighted by atomic mass is 19.1. The predicted molar refractivity (Wildman–Crippen MR) is 108 cm³/mol. The molecule has 0 aliphatic carbocycles. The van der Waals surface area contributed by atoms with E-state index in [1.54, 1.807) is 30.3 Å². The molecule has 2 heterocycles. The minimum Gasteiger partial charge on any atom is -0.294 e. The van der Waals surface area contributed by atoms with Crippen molar-refractivity contribution in [3.63, 3.8) is 0 Å². The number of amides is 1. The van der Waals surface area contributed by atoms with Gasteiger partial charge in [0.2, 0.25) is 0 Å². The van der Waals surface area contributed by atoms with Crippen molar-refractivity contribution in [2.45, 2.75) is 32.2 Å². The molecule has 2 aromatic carbocycles. The molecule has 2 aliphatic heterocycles. The number of rotatable bonds is 4. The molecule has 0 N–H and O–H groups in total. The molecule has 1 fully saturated rings. The van der Waals surface area contributed by atoms with Crippen LogP contribution in [0, 0.1) is 17.6 Å². The molecule has 0 spiro atoms. The smallest absolute Gasteiger partial charge is 0.257 e. The predicted octanol–water partition coefficient (Wildman–Crippen LogP) is 4.37. The van der Waals surface area contributed by atoms with Gasteiger partial charge < -0.3 is 0 Å². The summed E-state index contributed by atoms with van der Waals surface area (Å²) >= 11 is 0. The van der Waals surface area contributed by atoms with Gasteiger partial charge in [-0.15, -0.1) is 0 Å². The zero-order chi connectivity index (χ0) is 20.4. The third kappa shape index (κ3) is 4.37. The first-order chi connectivity index (χ1) is 14.0. The van der Waals surface area contributed by atoms with Crippen LogP contribution in [0.2, 0.25) is 0 Å². The van der Waals surface area contributed by atoms with Gasteiger partial charge in [-0.05, 0) is 55.6 Å². The lowest BCUT2D eigenvalue weighted by atomic mass is 9.97. The fraction of sp³-hybridized carbons (Fsp3) is 0.391. The lowest BCUT2D eigenvalue weighted by Gasteiger charge is -2.31. The van der Waals surface area contributed by atoms with E-state index in [1.165, 1.54) is 23.2 Å². The van der Waals surface area contributed by atoms with Crippen molar-refractivity contribution in [2.75, 3.05) is 19.6 Å². The number of hydrogen-bond acceptors (Lipinski definition) is 3. The van der Waals surface area contributed by atoms with Crippen molar-refractivity contribution in [1.82, 2.24) is 9.91 Å². The summed E-state index contributed by atoms with van der Waals surface area (Å²) < 4.78 is 27.8. The SMILES string of the molecule is CC1CCN(CC(=O)N2N=C(c3ccc(F)cc3)C[C@H]2c2ccccc2F)CC1. The molecular formula is C23H25F2N3O. The Labute approximate surface area is 169 Å². The molecule has 1 saturated heterocycles. The highest BCUT2D eigenvalue weighted by molar-refractivity contribution is 6.03. The van der Waals surface area contributed by atoms with Crippen LogP contribution in [0.5, 0.6) is 0 Å². The number of hydrogen-bond donors (Lipinski definition) is 0. The molecule has 2 aromatic rings. The second-order valence-corrected chi connectivity index (χ2v) is 7.99. The van der Waals surface area contributed by atoms with Crippen molar-refractivity contribution in [3.8, 4) is 0 Å². The zero-order valence-electron chi connectivity index (χ0n) is 16.5. The fourth-order valence-corrected chi connectivity index (χ4v) is 4.03. The van der Waals surface area contributed by atoms with E-state index in [0.29, 0.717) is 23.6 Å². The van der Waals surface area contributed by atoms with Gasteiger partial charge in [0, 0.05) is 12.0 Å². The lowest BCUT2D eigenvalue weighted by molar-refractivity contribution is -0.134. The van der Waals surface area contributed by atoms with E-state index in [9.17, 15) is 13.6 Å². The van der Waals surface area contributed by atoms with E-state index < -0.39 is 6.04 Å². The second-order valence-electron chi connectivity index (χ2n) is 7.99. The molecule has 6 heteroatoms. The minimum absolute atomic E-state index is 0.134. The van der Waals surface area contributed by atoms with E-state index in [1.807, 2.05) is 0 Å². The molecule has 152 valence electrons. The summed E-state index contributed by atoms with van der Waals surface area (Å²) in [5.74, 6) is -0.129. The van der Waals surface area contributed by atoms with Gasteiger partial charge in [-0.3, -0.25) is 9.69 Å². The maximum Gasteiger partial charge on any atom is 0.257 e. The van der Waals surface area contributed by atoms with Crippen LogP contribution < -0.4 is 0 Å². The van der Waals surface area contributed by atoms with E-state index in [2.05, 4.69) is 16.9 Å². The average molecular weight is 397 g/mol. The molecule has 29 heavy (non-hydrogen) atoms. The van der Waals surface area contributed by atoms with Gasteiger partial charge >= 0.3 is 0 Å². The van der Waals surface area contributed by atoms with Crippen LogP contribution in [0.25, 0.3) is 0 Å². The van der Waals surface area contributed by atoms with Gasteiger partial charge in [0.25, 0.3) is 5.91 Å². The first-order valence-electron chi connectivity index (χ1n) is 10.1. The average Bonchev–Trinajstić information content (AvgIpc) is 3.16. The molecule has 4 rings (SSSR count). The van der Waals surface area contributed by atoms with Crippen LogP contribution in [0.3, 0.4) is 0 Å². The number of carbonyl (C=O) groups is 1. The van der Waals surface area contributed by atoms with Crippen molar-refractivity contribution < 1.29 is 13.6 Å². The highest BCUT2D eigenvalue weighted by Crippen LogP contribution is 2.34. The number of likely N-dealkylation sites (tertiary alicyclic amines) is 1. The monoisotopic (exact) mass is 397 g/mol. The number of benzene rings is 2. The standard InChI is InChI=1S/C23H25F2N3O/c1-16-10-12-27(13-11-16)15-23(29)28-22(19-4-2-3-5-20(19)25)14-21(26-28)17-6-8-18(24)9-7-17/h2-9,16,22H,10-15H2,1H3/t22-/m0/s1. The largest absolute Gasteiger partial charge is 0.294 e. The molecular weight excluding hydrogens is 372 g/mol. The Bertz CT molecular complexity index is 905. The van der Waals surface area contributed by atoms with E-state index in [4.69, 9.17) is 0 Å². The van der Waals surface area contributed by atoms with Gasteiger partial charge in [0.15, 0.2) is 0 Å². The third-order valence-electron chi connectivity index (χ3n) is 5.84. The molecule has 2 aliphatic rings. The number of nitrogens with zero attached hydrogens (tertiary/aromatic N) is 3. The second kappa shape index (κ2) is 8.41. The van der Waals surface area contributed by atoms with Crippen LogP contribution in [-0.2, 0) is 4.79 Å². The van der Waals surface area contributed by atoms with Crippen LogP contribution in [0.1, 0.15) is 43.4 Å². The number of piperidine rings is 1. The molecule has 4 nitrogen and oxygen atoms in total. The van der Waals surface area contributed by atoms with Crippen molar-refractivity contribution >= 4 is 11.6 Å².